The number of hydrogen-bond donors (Lipinski definition) is 1. The Hall–Kier alpha value is -2.70. The first kappa shape index (κ1) is 16.2. The minimum atomic E-state index is -0.162. The van der Waals surface area contributed by atoms with Crippen molar-refractivity contribution in [1.29, 1.82) is 0 Å². The zero-order valence-electron chi connectivity index (χ0n) is 14.1. The number of nitrogen functional groups attached to an aromatic ring is 1. The van der Waals surface area contributed by atoms with E-state index in [0.717, 1.165) is 16.8 Å². The summed E-state index contributed by atoms with van der Waals surface area (Å²) in [6, 6.07) is 3.36. The quantitative estimate of drug-likeness (QED) is 0.891. The molecular formula is C17H21N5O2. The molecule has 126 valence electrons. The first-order valence-corrected chi connectivity index (χ1v) is 7.97. The van der Waals surface area contributed by atoms with E-state index in [4.69, 9.17) is 5.73 Å². The van der Waals surface area contributed by atoms with Crippen molar-refractivity contribution in [2.24, 2.45) is 7.05 Å². The number of rotatable bonds is 2. The Morgan fingerprint density at radius 3 is 2.71 bits per heavy atom. The number of carbonyl (C=O) groups is 1. The van der Waals surface area contributed by atoms with E-state index in [-0.39, 0.29) is 23.3 Å². The second-order valence-corrected chi connectivity index (χ2v) is 6.44. The molecule has 1 aliphatic heterocycles. The molecule has 0 aliphatic carbocycles. The number of carbonyl (C=O) groups excluding carboxylic acids is 1. The molecule has 2 N–H and O–H groups in total. The summed E-state index contributed by atoms with van der Waals surface area (Å²) in [5.74, 6) is 0.119. The fraction of sp³-hybridized carbons (Fsp3) is 0.412. The van der Waals surface area contributed by atoms with E-state index >= 15 is 0 Å². The molecule has 2 aromatic heterocycles. The predicted octanol–water partition coefficient (Wildman–Crippen LogP) is 1.08. The van der Waals surface area contributed by atoms with Gasteiger partial charge in [-0.3, -0.25) is 9.59 Å². The van der Waals surface area contributed by atoms with Crippen molar-refractivity contribution >= 4 is 11.9 Å². The number of nitrogens with two attached hydrogens (primary N) is 1. The fourth-order valence-corrected chi connectivity index (χ4v) is 2.87. The summed E-state index contributed by atoms with van der Waals surface area (Å²) in [5.41, 5.74) is 8.79. The standard InChI is InChI=1S/C17H21N5O2/c1-10(2)13-7-14(20-17(18)19-13)16(24)22-5-4-11-6-15(23)21(3)8-12(11)9-22/h6-8,10H,4-5,9H2,1-3H3,(H2,18,19,20). The Bertz CT molecular complexity index is 857. The summed E-state index contributed by atoms with van der Waals surface area (Å²) < 4.78 is 1.53. The van der Waals surface area contributed by atoms with Crippen molar-refractivity contribution in [3.05, 3.63) is 51.2 Å². The topological polar surface area (TPSA) is 94.1 Å². The molecular weight excluding hydrogens is 306 g/mol. The van der Waals surface area contributed by atoms with Gasteiger partial charge >= 0.3 is 0 Å². The third kappa shape index (κ3) is 3.02. The fourth-order valence-electron chi connectivity index (χ4n) is 2.87. The second kappa shape index (κ2) is 6.07. The Morgan fingerprint density at radius 2 is 2.00 bits per heavy atom. The van der Waals surface area contributed by atoms with Crippen molar-refractivity contribution in [3.63, 3.8) is 0 Å². The molecule has 0 bridgehead atoms. The van der Waals surface area contributed by atoms with Gasteiger partial charge in [-0.05, 0) is 29.5 Å². The molecule has 0 unspecified atom stereocenters. The smallest absolute Gasteiger partial charge is 0.272 e. The Labute approximate surface area is 140 Å². The van der Waals surface area contributed by atoms with Crippen LogP contribution < -0.4 is 11.3 Å². The lowest BCUT2D eigenvalue weighted by atomic mass is 10.0. The Kier molecular flexibility index (Phi) is 4.09. The third-order valence-electron chi connectivity index (χ3n) is 4.28. The van der Waals surface area contributed by atoms with Gasteiger partial charge in [-0.25, -0.2) is 9.97 Å². The van der Waals surface area contributed by atoms with Crippen molar-refractivity contribution in [2.75, 3.05) is 12.3 Å². The molecule has 0 fully saturated rings. The van der Waals surface area contributed by atoms with Crippen molar-refractivity contribution in [1.82, 2.24) is 19.4 Å². The zero-order valence-corrected chi connectivity index (χ0v) is 14.1. The van der Waals surface area contributed by atoms with Gasteiger partial charge in [-0.15, -0.1) is 0 Å². The van der Waals surface area contributed by atoms with E-state index < -0.39 is 0 Å². The number of aromatic nitrogens is 3. The molecule has 0 saturated carbocycles. The largest absolute Gasteiger partial charge is 0.368 e. The van der Waals surface area contributed by atoms with Crippen LogP contribution >= 0.6 is 0 Å². The molecule has 0 spiro atoms. The summed E-state index contributed by atoms with van der Waals surface area (Å²) in [6.07, 6.45) is 2.46. The summed E-state index contributed by atoms with van der Waals surface area (Å²) in [7, 11) is 1.71. The number of aryl methyl sites for hydroxylation is 1. The van der Waals surface area contributed by atoms with E-state index in [1.165, 1.54) is 4.57 Å². The molecule has 24 heavy (non-hydrogen) atoms. The number of pyridine rings is 1. The number of anilines is 1. The minimum absolute atomic E-state index is 0.0290. The van der Waals surface area contributed by atoms with Gasteiger partial charge in [-0.2, -0.15) is 0 Å². The van der Waals surface area contributed by atoms with Gasteiger partial charge in [0.15, 0.2) is 0 Å². The second-order valence-electron chi connectivity index (χ2n) is 6.44. The van der Waals surface area contributed by atoms with Crippen LogP contribution in [0.4, 0.5) is 5.95 Å². The molecule has 0 saturated heterocycles. The highest BCUT2D eigenvalue weighted by Gasteiger charge is 2.24. The van der Waals surface area contributed by atoms with Gasteiger partial charge in [0.2, 0.25) is 5.95 Å². The first-order valence-electron chi connectivity index (χ1n) is 7.97. The van der Waals surface area contributed by atoms with Crippen LogP contribution in [0.5, 0.6) is 0 Å². The molecule has 0 atom stereocenters. The molecule has 3 rings (SSSR count). The summed E-state index contributed by atoms with van der Waals surface area (Å²) in [6.45, 7) is 5.00. The molecule has 0 radical (unpaired) electrons. The van der Waals surface area contributed by atoms with Gasteiger partial charge in [0.1, 0.15) is 5.69 Å². The zero-order chi connectivity index (χ0) is 17.4. The molecule has 2 aromatic rings. The average Bonchev–Trinajstić information content (AvgIpc) is 2.54. The summed E-state index contributed by atoms with van der Waals surface area (Å²) in [4.78, 5) is 34.5. The maximum Gasteiger partial charge on any atom is 0.272 e. The van der Waals surface area contributed by atoms with Gasteiger partial charge < -0.3 is 15.2 Å². The third-order valence-corrected chi connectivity index (χ3v) is 4.28. The molecule has 1 aliphatic rings. The van der Waals surface area contributed by atoms with Crippen LogP contribution in [0, 0.1) is 0 Å². The molecule has 7 heteroatoms. The van der Waals surface area contributed by atoms with E-state index in [1.807, 2.05) is 13.8 Å². The number of fused-ring (bicyclic) bond motifs is 1. The van der Waals surface area contributed by atoms with E-state index in [2.05, 4.69) is 9.97 Å². The van der Waals surface area contributed by atoms with Crippen LogP contribution in [0.2, 0.25) is 0 Å². The SMILES string of the molecule is CC(C)c1cc(C(=O)N2CCc3cc(=O)n(C)cc3C2)nc(N)n1. The lowest BCUT2D eigenvalue weighted by Crippen LogP contribution is -2.37. The summed E-state index contributed by atoms with van der Waals surface area (Å²) >= 11 is 0. The molecule has 0 aromatic carbocycles. The normalized spacial score (nSPS) is 13.9. The van der Waals surface area contributed by atoms with E-state index in [9.17, 15) is 9.59 Å². The van der Waals surface area contributed by atoms with Crippen molar-refractivity contribution < 1.29 is 4.79 Å². The average molecular weight is 327 g/mol. The van der Waals surface area contributed by atoms with Crippen LogP contribution in [0.1, 0.15) is 47.1 Å². The highest BCUT2D eigenvalue weighted by molar-refractivity contribution is 5.92. The van der Waals surface area contributed by atoms with Crippen LogP contribution in [0.25, 0.3) is 0 Å². The van der Waals surface area contributed by atoms with E-state index in [1.54, 1.807) is 30.3 Å². The number of amides is 1. The molecule has 1 amide bonds. The van der Waals surface area contributed by atoms with Gasteiger partial charge in [0.25, 0.3) is 11.5 Å². The minimum Gasteiger partial charge on any atom is -0.368 e. The number of nitrogens with zero attached hydrogens (tertiary/aromatic N) is 4. The van der Waals surface area contributed by atoms with Crippen molar-refractivity contribution in [2.45, 2.75) is 32.7 Å². The molecule has 3 heterocycles. The lowest BCUT2D eigenvalue weighted by molar-refractivity contribution is 0.0728. The predicted molar refractivity (Wildman–Crippen MR) is 90.7 cm³/mol. The molecule has 7 nitrogen and oxygen atoms in total. The maximum absolute atomic E-state index is 12.8. The highest BCUT2D eigenvalue weighted by atomic mass is 16.2. The monoisotopic (exact) mass is 327 g/mol. The maximum atomic E-state index is 12.8. The highest BCUT2D eigenvalue weighted by Crippen LogP contribution is 2.20. The van der Waals surface area contributed by atoms with Crippen LogP contribution in [-0.4, -0.2) is 31.9 Å². The van der Waals surface area contributed by atoms with Crippen molar-refractivity contribution in [3.8, 4) is 0 Å². The Morgan fingerprint density at radius 1 is 1.25 bits per heavy atom. The van der Waals surface area contributed by atoms with Crippen LogP contribution in [0.3, 0.4) is 0 Å². The van der Waals surface area contributed by atoms with Crippen LogP contribution in [0.15, 0.2) is 23.1 Å². The van der Waals surface area contributed by atoms with Gasteiger partial charge in [0.05, 0.1) is 0 Å². The summed E-state index contributed by atoms with van der Waals surface area (Å²) in [5, 5.41) is 0. The Balaban J connectivity index is 1.89. The van der Waals surface area contributed by atoms with Crippen LogP contribution in [-0.2, 0) is 20.0 Å². The van der Waals surface area contributed by atoms with Gasteiger partial charge in [0, 0.05) is 38.1 Å². The first-order chi connectivity index (χ1) is 11.3. The van der Waals surface area contributed by atoms with E-state index in [0.29, 0.717) is 25.2 Å². The van der Waals surface area contributed by atoms with Gasteiger partial charge in [-0.1, -0.05) is 13.8 Å². The number of hydrogen-bond acceptors (Lipinski definition) is 5. The lowest BCUT2D eigenvalue weighted by Gasteiger charge is -2.29.